The molecule has 29 heavy (non-hydrogen) atoms. The Hall–Kier alpha value is -2.60. The van der Waals surface area contributed by atoms with Crippen LogP contribution in [0.1, 0.15) is 11.1 Å². The van der Waals surface area contributed by atoms with Crippen molar-refractivity contribution in [1.82, 2.24) is 0 Å². The summed E-state index contributed by atoms with van der Waals surface area (Å²) in [5.41, 5.74) is 2.74. The maximum absolute atomic E-state index is 12.8. The lowest BCUT2D eigenvalue weighted by Crippen LogP contribution is -2.27. The number of carbonyl (C=O) groups is 1. The van der Waals surface area contributed by atoms with Crippen LogP contribution in [-0.2, 0) is 11.4 Å². The second kappa shape index (κ2) is 8.82. The fraction of sp³-hybridized carbons (Fsp3) is 0.0435. The summed E-state index contributed by atoms with van der Waals surface area (Å²) in [5.74, 6) is 0.656. The lowest BCUT2D eigenvalue weighted by Gasteiger charge is -2.13. The molecule has 0 aromatic heterocycles. The van der Waals surface area contributed by atoms with E-state index in [9.17, 15) is 4.79 Å². The largest absolute Gasteiger partial charge is 0.489 e. The van der Waals surface area contributed by atoms with Gasteiger partial charge in [-0.15, -0.1) is 0 Å². The van der Waals surface area contributed by atoms with Gasteiger partial charge in [-0.25, -0.2) is 0 Å². The summed E-state index contributed by atoms with van der Waals surface area (Å²) in [6, 6.07) is 24.6. The summed E-state index contributed by atoms with van der Waals surface area (Å²) in [4.78, 5) is 15.0. The molecule has 0 aliphatic carbocycles. The molecule has 1 amide bonds. The van der Waals surface area contributed by atoms with Crippen LogP contribution >= 0.6 is 35.6 Å². The highest BCUT2D eigenvalue weighted by atomic mass is 35.5. The summed E-state index contributed by atoms with van der Waals surface area (Å²) in [7, 11) is 0. The first-order valence-corrected chi connectivity index (χ1v) is 10.5. The van der Waals surface area contributed by atoms with Crippen molar-refractivity contribution in [2.45, 2.75) is 6.61 Å². The Labute approximate surface area is 183 Å². The molecule has 4 rings (SSSR count). The van der Waals surface area contributed by atoms with Crippen LogP contribution in [0.3, 0.4) is 0 Å². The van der Waals surface area contributed by atoms with E-state index in [4.69, 9.17) is 28.6 Å². The third kappa shape index (κ3) is 4.70. The number of amides is 1. The summed E-state index contributed by atoms with van der Waals surface area (Å²) < 4.78 is 6.34. The molecule has 0 radical (unpaired) electrons. The molecule has 144 valence electrons. The van der Waals surface area contributed by atoms with E-state index >= 15 is 0 Å². The van der Waals surface area contributed by atoms with Gasteiger partial charge in [-0.05, 0) is 53.6 Å². The van der Waals surface area contributed by atoms with Crippen molar-refractivity contribution < 1.29 is 9.53 Å². The number of nitrogens with zero attached hydrogens (tertiary/aromatic N) is 1. The van der Waals surface area contributed by atoms with Crippen LogP contribution in [0.15, 0.2) is 83.8 Å². The molecule has 0 N–H and O–H groups in total. The van der Waals surface area contributed by atoms with Gasteiger partial charge in [-0.3, -0.25) is 9.69 Å². The number of hydrogen-bond donors (Lipinski definition) is 0. The topological polar surface area (TPSA) is 29.5 Å². The zero-order chi connectivity index (χ0) is 20.2. The average Bonchev–Trinajstić information content (AvgIpc) is 3.02. The second-order valence-electron chi connectivity index (χ2n) is 6.34. The molecule has 3 aromatic carbocycles. The van der Waals surface area contributed by atoms with E-state index in [1.807, 2.05) is 84.9 Å². The molecule has 1 saturated heterocycles. The molecular formula is C23H16ClNO2S2. The van der Waals surface area contributed by atoms with Gasteiger partial charge in [0.05, 0.1) is 10.6 Å². The molecule has 1 aliphatic rings. The summed E-state index contributed by atoms with van der Waals surface area (Å²) >= 11 is 12.6. The maximum Gasteiger partial charge on any atom is 0.270 e. The number of halogens is 1. The number of anilines is 1. The Balaban J connectivity index is 1.44. The standard InChI is InChI=1S/C23H16ClNO2S2/c24-18-10-6-17(7-11-18)15-27-20-12-8-16(9-13-20)14-21-22(26)25(23(28)29-21)19-4-2-1-3-5-19/h1-14H,15H2. The predicted molar refractivity (Wildman–Crippen MR) is 124 cm³/mol. The van der Waals surface area contributed by atoms with Crippen LogP contribution in [0.25, 0.3) is 6.08 Å². The molecule has 0 spiro atoms. The number of para-hydroxylation sites is 1. The Kier molecular flexibility index (Phi) is 6.00. The van der Waals surface area contributed by atoms with Gasteiger partial charge in [-0.1, -0.05) is 78.0 Å². The van der Waals surface area contributed by atoms with Crippen molar-refractivity contribution in [3.05, 3.63) is 99.9 Å². The first kappa shape index (κ1) is 19.7. The van der Waals surface area contributed by atoms with E-state index in [1.165, 1.54) is 11.8 Å². The highest BCUT2D eigenvalue weighted by Crippen LogP contribution is 2.36. The van der Waals surface area contributed by atoms with E-state index in [2.05, 4.69) is 0 Å². The van der Waals surface area contributed by atoms with Crippen molar-refractivity contribution in [2.24, 2.45) is 0 Å². The quantitative estimate of drug-likeness (QED) is 0.345. The molecule has 0 unspecified atom stereocenters. The van der Waals surface area contributed by atoms with Gasteiger partial charge < -0.3 is 4.74 Å². The SMILES string of the molecule is O=C1C(=Cc2ccc(OCc3ccc(Cl)cc3)cc2)SC(=S)N1c1ccccc1. The lowest BCUT2D eigenvalue weighted by atomic mass is 10.2. The Morgan fingerprint density at radius 2 is 1.66 bits per heavy atom. The van der Waals surface area contributed by atoms with E-state index < -0.39 is 0 Å². The molecular weight excluding hydrogens is 422 g/mol. The summed E-state index contributed by atoms with van der Waals surface area (Å²) in [6.45, 7) is 0.465. The third-order valence-electron chi connectivity index (χ3n) is 4.30. The minimum absolute atomic E-state index is 0.103. The monoisotopic (exact) mass is 437 g/mol. The molecule has 0 bridgehead atoms. The normalized spacial score (nSPS) is 15.2. The predicted octanol–water partition coefficient (Wildman–Crippen LogP) is 6.32. The van der Waals surface area contributed by atoms with Crippen LogP contribution in [0.4, 0.5) is 5.69 Å². The highest BCUT2D eigenvalue weighted by Gasteiger charge is 2.33. The van der Waals surface area contributed by atoms with Gasteiger partial charge in [0.2, 0.25) is 0 Å². The Morgan fingerprint density at radius 3 is 2.34 bits per heavy atom. The van der Waals surface area contributed by atoms with Crippen LogP contribution in [0, 0.1) is 0 Å². The number of thiocarbonyl (C=S) groups is 1. The Morgan fingerprint density at radius 1 is 0.966 bits per heavy atom. The second-order valence-corrected chi connectivity index (χ2v) is 8.45. The number of benzene rings is 3. The molecule has 1 heterocycles. The zero-order valence-electron chi connectivity index (χ0n) is 15.2. The first-order valence-electron chi connectivity index (χ1n) is 8.90. The fourth-order valence-electron chi connectivity index (χ4n) is 2.83. The molecule has 6 heteroatoms. The number of ether oxygens (including phenoxy) is 1. The fourth-order valence-corrected chi connectivity index (χ4v) is 4.25. The molecule has 1 aliphatic heterocycles. The minimum Gasteiger partial charge on any atom is -0.489 e. The van der Waals surface area contributed by atoms with E-state index in [0.29, 0.717) is 20.9 Å². The summed E-state index contributed by atoms with van der Waals surface area (Å²) in [6.07, 6.45) is 1.85. The van der Waals surface area contributed by atoms with E-state index in [0.717, 1.165) is 22.6 Å². The van der Waals surface area contributed by atoms with Crippen LogP contribution < -0.4 is 9.64 Å². The van der Waals surface area contributed by atoms with Crippen molar-refractivity contribution >= 4 is 57.6 Å². The molecule has 0 saturated carbocycles. The van der Waals surface area contributed by atoms with Crippen molar-refractivity contribution in [3.8, 4) is 5.75 Å². The molecule has 3 aromatic rings. The average molecular weight is 438 g/mol. The Bertz CT molecular complexity index is 1060. The smallest absolute Gasteiger partial charge is 0.270 e. The van der Waals surface area contributed by atoms with Crippen LogP contribution in [0.2, 0.25) is 5.02 Å². The van der Waals surface area contributed by atoms with Gasteiger partial charge in [-0.2, -0.15) is 0 Å². The molecule has 1 fully saturated rings. The van der Waals surface area contributed by atoms with Gasteiger partial charge >= 0.3 is 0 Å². The van der Waals surface area contributed by atoms with E-state index in [1.54, 1.807) is 4.90 Å². The van der Waals surface area contributed by atoms with Crippen molar-refractivity contribution in [3.63, 3.8) is 0 Å². The van der Waals surface area contributed by atoms with Gasteiger partial charge in [0.25, 0.3) is 5.91 Å². The number of thioether (sulfide) groups is 1. The third-order valence-corrected chi connectivity index (χ3v) is 5.86. The number of rotatable bonds is 5. The van der Waals surface area contributed by atoms with Crippen molar-refractivity contribution in [2.75, 3.05) is 4.90 Å². The minimum atomic E-state index is -0.103. The van der Waals surface area contributed by atoms with Crippen molar-refractivity contribution in [1.29, 1.82) is 0 Å². The van der Waals surface area contributed by atoms with Gasteiger partial charge in [0, 0.05) is 5.02 Å². The first-order chi connectivity index (χ1) is 14.1. The number of hydrogen-bond acceptors (Lipinski definition) is 4. The van der Waals surface area contributed by atoms with Crippen LogP contribution in [0.5, 0.6) is 5.75 Å². The zero-order valence-corrected chi connectivity index (χ0v) is 17.6. The summed E-state index contributed by atoms with van der Waals surface area (Å²) in [5, 5.41) is 0.704. The lowest BCUT2D eigenvalue weighted by molar-refractivity contribution is -0.113. The van der Waals surface area contributed by atoms with Gasteiger partial charge in [0.15, 0.2) is 4.32 Å². The maximum atomic E-state index is 12.8. The van der Waals surface area contributed by atoms with E-state index in [-0.39, 0.29) is 5.91 Å². The van der Waals surface area contributed by atoms with Crippen LogP contribution in [-0.4, -0.2) is 10.2 Å². The highest BCUT2D eigenvalue weighted by molar-refractivity contribution is 8.27. The van der Waals surface area contributed by atoms with Gasteiger partial charge in [0.1, 0.15) is 12.4 Å². The molecule has 0 atom stereocenters. The molecule has 3 nitrogen and oxygen atoms in total. The number of carbonyl (C=O) groups excluding carboxylic acids is 1.